The maximum absolute atomic E-state index is 8.88. The van der Waals surface area contributed by atoms with Gasteiger partial charge in [0.15, 0.2) is 11.2 Å². The van der Waals surface area contributed by atoms with Gasteiger partial charge in [0.2, 0.25) is 0 Å². The first-order valence-corrected chi connectivity index (χ1v) is 43.6. The molecule has 598 valence electrons. The first-order chi connectivity index (χ1) is 65.4. The third kappa shape index (κ3) is 11.1. The van der Waals surface area contributed by atoms with Crippen LogP contribution in [0.4, 0.5) is 0 Å². The Morgan fingerprint density at radius 2 is 0.508 bits per heavy atom. The van der Waals surface area contributed by atoms with E-state index in [1.165, 1.54) is 121 Å². The van der Waals surface area contributed by atoms with Crippen LogP contribution in [0.25, 0.3) is 263 Å². The van der Waals surface area contributed by atoms with Crippen molar-refractivity contribution in [2.75, 3.05) is 0 Å². The second-order valence-corrected chi connectivity index (χ2v) is 34.1. The number of hydrogen-bond acceptors (Lipinski definition) is 5. The van der Waals surface area contributed by atoms with E-state index in [9.17, 15) is 0 Å². The van der Waals surface area contributed by atoms with E-state index in [0.29, 0.717) is 16.7 Å². The molecule has 128 heavy (non-hydrogen) atoms. The van der Waals surface area contributed by atoms with E-state index in [4.69, 9.17) is 28.9 Å². The summed E-state index contributed by atoms with van der Waals surface area (Å²) >= 11 is 0. The Labute approximate surface area is 742 Å². The van der Waals surface area contributed by atoms with Gasteiger partial charge in [0.25, 0.3) is 0 Å². The summed E-state index contributed by atoms with van der Waals surface area (Å²) in [6.07, 6.45) is 0. The van der Waals surface area contributed by atoms with Crippen molar-refractivity contribution >= 4 is 174 Å². The molecule has 28 rings (SSSR count). The van der Waals surface area contributed by atoms with Crippen molar-refractivity contribution in [3.05, 3.63) is 436 Å². The molecule has 0 spiro atoms. The highest BCUT2D eigenvalue weighted by Gasteiger charge is 2.38. The average Bonchev–Trinajstić information content (AvgIpc) is 1.69. The predicted molar refractivity (Wildman–Crippen MR) is 536 cm³/mol. The van der Waals surface area contributed by atoms with Crippen LogP contribution in [0.3, 0.4) is 0 Å². The molecule has 0 radical (unpaired) electrons. The lowest BCUT2D eigenvalue weighted by atomic mass is 9.82. The largest absolute Gasteiger partial charge is 0.455 e. The van der Waals surface area contributed by atoms with Gasteiger partial charge in [-0.3, -0.25) is 0 Å². The Morgan fingerprint density at radius 1 is 0.180 bits per heavy atom. The van der Waals surface area contributed by atoms with Crippen LogP contribution in [0.15, 0.2) is 447 Å². The molecule has 0 N–H and O–H groups in total. The molecular formula is C123H76O5. The monoisotopic (exact) mass is 1640 g/mol. The van der Waals surface area contributed by atoms with E-state index >= 15 is 0 Å². The summed E-state index contributed by atoms with van der Waals surface area (Å²) in [4.78, 5) is 0. The van der Waals surface area contributed by atoms with Gasteiger partial charge in [0.05, 0.1) is 12.4 Å². The van der Waals surface area contributed by atoms with Crippen LogP contribution < -0.4 is 0 Å². The second-order valence-electron chi connectivity index (χ2n) is 34.1. The normalized spacial score (nSPS) is 13.1. The summed E-state index contributed by atoms with van der Waals surface area (Å²) in [6.45, 7) is 4.65. The van der Waals surface area contributed by atoms with E-state index in [2.05, 4.69) is 305 Å². The zero-order valence-corrected chi connectivity index (χ0v) is 69.6. The molecule has 0 unspecified atom stereocenters. The summed E-state index contributed by atoms with van der Waals surface area (Å²) in [7, 11) is 0. The summed E-state index contributed by atoms with van der Waals surface area (Å²) in [5.41, 5.74) is 28.1. The van der Waals surface area contributed by atoms with Crippen LogP contribution in [0.5, 0.6) is 0 Å². The number of hydrogen-bond donors (Lipinski definition) is 0. The number of fused-ring (bicyclic) bond motifs is 26. The quantitative estimate of drug-likeness (QED) is 0.149. The summed E-state index contributed by atoms with van der Waals surface area (Å²) in [6, 6.07) is 137. The molecular weight excluding hydrogens is 1560 g/mol. The van der Waals surface area contributed by atoms with Gasteiger partial charge in [-0.25, -0.2) is 0 Å². The molecule has 5 nitrogen and oxygen atoms in total. The Hall–Kier alpha value is -16.6. The number of para-hydroxylation sites is 3. The molecule has 5 heterocycles. The summed E-state index contributed by atoms with van der Waals surface area (Å²) in [5.74, 6) is 0. The molecule has 0 amide bonds. The minimum absolute atomic E-state index is 0.0679. The van der Waals surface area contributed by atoms with Crippen molar-refractivity contribution in [1.29, 1.82) is 0 Å². The lowest BCUT2D eigenvalue weighted by molar-refractivity contribution is 0.633. The van der Waals surface area contributed by atoms with Crippen molar-refractivity contribution in [3.63, 3.8) is 0 Å². The van der Waals surface area contributed by atoms with Crippen LogP contribution in [0.2, 0.25) is 0 Å². The highest BCUT2D eigenvalue weighted by Crippen LogP contribution is 2.57. The van der Waals surface area contributed by atoms with Gasteiger partial charge < -0.3 is 22.1 Å². The van der Waals surface area contributed by atoms with E-state index in [1.807, 2.05) is 103 Å². The van der Waals surface area contributed by atoms with Crippen molar-refractivity contribution in [3.8, 4) is 89.0 Å². The fraction of sp³-hybridized carbons (Fsp3) is 0.0244. The SMILES string of the molecule is CC1(C)c2ccccc2-c2c1ccc1c2oc2cccc(-c3c4ccccc4c(-c4ccccc4)c4ccccc34)c21.[2H]c1c([2H])c([2H])c(-c2c3ccccc3c(-c3c4oc5ccccc5c4cc4c3oc3ccccc34)c3ccccc23)c([2H])c1[2H].c1ccc(-c2c3ccccc3c(-c3ccc(-c4ccc5c(c4)oc4c5ccc5c6ccccc6oc54)cc3)c3ccccc23)cc1. The molecule has 0 saturated carbocycles. The van der Waals surface area contributed by atoms with Gasteiger partial charge >= 0.3 is 0 Å². The lowest BCUT2D eigenvalue weighted by Gasteiger charge is -2.21. The van der Waals surface area contributed by atoms with Crippen LogP contribution in [0.1, 0.15) is 31.8 Å². The maximum Gasteiger partial charge on any atom is 0.178 e. The van der Waals surface area contributed by atoms with Crippen LogP contribution in [-0.4, -0.2) is 0 Å². The van der Waals surface area contributed by atoms with Gasteiger partial charge in [-0.15, -0.1) is 0 Å². The Bertz CT molecular complexity index is 9340. The molecule has 27 aromatic rings. The van der Waals surface area contributed by atoms with Gasteiger partial charge in [-0.2, -0.15) is 0 Å². The topological polar surface area (TPSA) is 65.7 Å². The van der Waals surface area contributed by atoms with Crippen LogP contribution in [0, 0.1) is 0 Å². The highest BCUT2D eigenvalue weighted by atomic mass is 16.4. The lowest BCUT2D eigenvalue weighted by Crippen LogP contribution is -2.14. The Kier molecular flexibility index (Phi) is 15.2. The molecule has 0 fully saturated rings. The maximum atomic E-state index is 8.88. The van der Waals surface area contributed by atoms with E-state index in [-0.39, 0.29) is 35.1 Å². The summed E-state index contributed by atoms with van der Waals surface area (Å²) in [5, 5.41) is 24.0. The average molecular weight is 1640 g/mol. The van der Waals surface area contributed by atoms with Gasteiger partial charge in [0, 0.05) is 70.4 Å². The van der Waals surface area contributed by atoms with E-state index < -0.39 is 6.04 Å². The number of furan rings is 5. The molecule has 5 heteroatoms. The van der Waals surface area contributed by atoms with E-state index in [0.717, 1.165) is 132 Å². The molecule has 0 saturated heterocycles. The molecule has 1 aliphatic carbocycles. The highest BCUT2D eigenvalue weighted by molar-refractivity contribution is 6.32. The van der Waals surface area contributed by atoms with E-state index in [1.54, 1.807) is 0 Å². The first-order valence-electron chi connectivity index (χ1n) is 46.1. The third-order valence-corrected chi connectivity index (χ3v) is 26.9. The van der Waals surface area contributed by atoms with Crippen molar-refractivity contribution in [2.24, 2.45) is 0 Å². The number of benzene rings is 22. The Balaban J connectivity index is 0.000000104. The smallest absolute Gasteiger partial charge is 0.178 e. The molecule has 0 bridgehead atoms. The fourth-order valence-electron chi connectivity index (χ4n) is 21.3. The van der Waals surface area contributed by atoms with Gasteiger partial charge in [-0.1, -0.05) is 384 Å². The fourth-order valence-corrected chi connectivity index (χ4v) is 21.3. The minimum Gasteiger partial charge on any atom is -0.455 e. The predicted octanol–water partition coefficient (Wildman–Crippen LogP) is 35.5. The number of rotatable bonds is 7. The summed E-state index contributed by atoms with van der Waals surface area (Å²) < 4.78 is 75.7. The first kappa shape index (κ1) is 67.9. The van der Waals surface area contributed by atoms with Gasteiger partial charge in [-0.05, 0) is 203 Å². The second kappa shape index (κ2) is 28.7. The molecule has 22 aromatic carbocycles. The van der Waals surface area contributed by atoms with Crippen molar-refractivity contribution in [2.45, 2.75) is 19.3 Å². The van der Waals surface area contributed by atoms with Gasteiger partial charge in [0.1, 0.15) is 44.7 Å². The minimum atomic E-state index is -0.414. The Morgan fingerprint density at radius 3 is 1.00 bits per heavy atom. The third-order valence-electron chi connectivity index (χ3n) is 26.9. The zero-order chi connectivity index (χ0) is 88.8. The molecule has 5 aromatic heterocycles. The van der Waals surface area contributed by atoms with Crippen molar-refractivity contribution < 1.29 is 28.9 Å². The van der Waals surface area contributed by atoms with Crippen LogP contribution in [-0.2, 0) is 5.41 Å². The van der Waals surface area contributed by atoms with Crippen molar-refractivity contribution in [1.82, 2.24) is 0 Å². The standard InChI is InChI=1S/C44H26O2.C41H28O.C38H22O2/c1-2-10-28(11-3-1)41-33-13-4-6-15-35(33)42(36-16-7-5-14-34(36)41)29-20-18-27(19-21-29)30-22-23-32-38-25-24-37-31-12-8-9-17-39(31)45-43(37)44(38)46-40(32)26-30;1-41(2)33-21-11-10-19-30(33)39-34(41)24-23-32-38-31(20-12-22-35(38)42-40(32)39)37-28-17-8-6-15-26(28)36(25-13-4-3-5-14-25)27-16-7-9-18-29(27)37;1-2-12-23(13-3-1)34-26-16-4-6-18-28(26)35(29-19-7-5-17-27(29)34)36-37-30(24-14-8-10-20-32(24)39-37)22-31-25-15-9-11-21-33(25)40-38(31)36/h1-26H;3-24H,1-2H3;1-22H/i;;1D,2D,3D,12D,13D. The molecule has 0 atom stereocenters. The zero-order valence-electron chi connectivity index (χ0n) is 74.6. The van der Waals surface area contributed by atoms with Crippen LogP contribution >= 0.6 is 0 Å². The molecule has 1 aliphatic rings. The molecule has 0 aliphatic heterocycles.